The van der Waals surface area contributed by atoms with E-state index in [-0.39, 0.29) is 10.8 Å². The molecule has 3 N–H and O–H groups in total. The molecule has 1 aliphatic heterocycles. The molecule has 35 heavy (non-hydrogen) atoms. The van der Waals surface area contributed by atoms with Gasteiger partial charge in [-0.1, -0.05) is 18.2 Å². The number of para-hydroxylation sites is 1. The molecule has 0 atom stereocenters. The van der Waals surface area contributed by atoms with Crippen LogP contribution >= 0.6 is 0 Å². The smallest absolute Gasteiger partial charge is 0.243 e. The molecular formula is C25H23FN6O2S. The zero-order chi connectivity index (χ0) is 24.2. The zero-order valence-corrected chi connectivity index (χ0v) is 19.5. The SMILES string of the molecule is Nc1nccn2c(C3CCN(S(=O)(=O)c4ccc(F)cc4)CC3)nc(-c3cc4ccccc4[nH]3)c12. The van der Waals surface area contributed by atoms with Crippen LogP contribution in [0.3, 0.4) is 0 Å². The van der Waals surface area contributed by atoms with Crippen LogP contribution in [0, 0.1) is 5.82 Å². The maximum atomic E-state index is 13.3. The van der Waals surface area contributed by atoms with Crippen molar-refractivity contribution in [2.45, 2.75) is 23.7 Å². The molecular weight excluding hydrogens is 467 g/mol. The summed E-state index contributed by atoms with van der Waals surface area (Å²) in [6.45, 7) is 0.698. The maximum Gasteiger partial charge on any atom is 0.243 e. The predicted molar refractivity (Wildman–Crippen MR) is 132 cm³/mol. The first-order valence-electron chi connectivity index (χ1n) is 11.4. The van der Waals surface area contributed by atoms with Gasteiger partial charge in [-0.25, -0.2) is 22.8 Å². The van der Waals surface area contributed by atoms with Crippen molar-refractivity contribution < 1.29 is 12.8 Å². The van der Waals surface area contributed by atoms with Gasteiger partial charge in [-0.15, -0.1) is 0 Å². The number of nitrogen functional groups attached to an aromatic ring is 1. The molecule has 5 aromatic rings. The second-order valence-corrected chi connectivity index (χ2v) is 10.7. The molecule has 6 rings (SSSR count). The monoisotopic (exact) mass is 490 g/mol. The summed E-state index contributed by atoms with van der Waals surface area (Å²) in [4.78, 5) is 12.8. The Labute approximate surface area is 201 Å². The Hall–Kier alpha value is -3.76. The first kappa shape index (κ1) is 21.8. The molecule has 4 heterocycles. The van der Waals surface area contributed by atoms with Crippen LogP contribution in [0.15, 0.2) is 71.9 Å². The third kappa shape index (κ3) is 3.65. The van der Waals surface area contributed by atoms with Crippen LogP contribution in [0.5, 0.6) is 0 Å². The standard InChI is InChI=1S/C25H23FN6O2S/c26-18-5-7-19(8-6-18)35(33,34)31-12-9-16(10-13-31)25-30-22(23-24(27)28-11-14-32(23)25)21-15-17-3-1-2-4-20(17)29-21/h1-8,11,14-16,29H,9-10,12-13H2,(H2,27,28). The Morgan fingerprint density at radius 1 is 1.06 bits per heavy atom. The van der Waals surface area contributed by atoms with Crippen LogP contribution in [0.2, 0.25) is 0 Å². The number of nitrogens with two attached hydrogens (primary N) is 1. The van der Waals surface area contributed by atoms with Crippen LogP contribution in [0.4, 0.5) is 10.2 Å². The summed E-state index contributed by atoms with van der Waals surface area (Å²) in [5, 5.41) is 1.08. The Morgan fingerprint density at radius 3 is 2.54 bits per heavy atom. The molecule has 0 spiro atoms. The van der Waals surface area contributed by atoms with Crippen molar-refractivity contribution in [3.05, 3.63) is 78.6 Å². The van der Waals surface area contributed by atoms with Crippen molar-refractivity contribution in [1.82, 2.24) is 23.7 Å². The fourth-order valence-corrected chi connectivity index (χ4v) is 6.34. The molecule has 2 aromatic carbocycles. The summed E-state index contributed by atoms with van der Waals surface area (Å²) in [5.41, 5.74) is 9.60. The van der Waals surface area contributed by atoms with E-state index in [0.29, 0.717) is 31.7 Å². The van der Waals surface area contributed by atoms with Gasteiger partial charge in [0.25, 0.3) is 0 Å². The second kappa shape index (κ2) is 8.17. The van der Waals surface area contributed by atoms with E-state index >= 15 is 0 Å². The Balaban J connectivity index is 1.33. The molecule has 1 saturated heterocycles. The largest absolute Gasteiger partial charge is 0.382 e. The van der Waals surface area contributed by atoms with Gasteiger partial charge in [0.1, 0.15) is 28.7 Å². The average molecular weight is 491 g/mol. The summed E-state index contributed by atoms with van der Waals surface area (Å²) < 4.78 is 42.7. The number of rotatable bonds is 4. The summed E-state index contributed by atoms with van der Waals surface area (Å²) in [5.74, 6) is 0.799. The first-order chi connectivity index (χ1) is 16.9. The number of H-pyrrole nitrogens is 1. The number of aromatic nitrogens is 4. The van der Waals surface area contributed by atoms with E-state index in [1.165, 1.54) is 28.6 Å². The fraction of sp³-hybridized carbons (Fsp3) is 0.200. The molecule has 0 bridgehead atoms. The lowest BCUT2D eigenvalue weighted by Crippen LogP contribution is -2.38. The van der Waals surface area contributed by atoms with E-state index in [0.717, 1.165) is 33.6 Å². The predicted octanol–water partition coefficient (Wildman–Crippen LogP) is 4.17. The van der Waals surface area contributed by atoms with E-state index in [4.69, 9.17) is 10.7 Å². The number of imidazole rings is 1. The molecule has 3 aromatic heterocycles. The molecule has 0 saturated carbocycles. The van der Waals surface area contributed by atoms with E-state index in [1.54, 1.807) is 6.20 Å². The minimum absolute atomic E-state index is 0.0436. The topological polar surface area (TPSA) is 109 Å². The van der Waals surface area contributed by atoms with Crippen LogP contribution in [0.1, 0.15) is 24.6 Å². The number of benzene rings is 2. The van der Waals surface area contributed by atoms with Crippen molar-refractivity contribution in [3.8, 4) is 11.4 Å². The maximum absolute atomic E-state index is 13.3. The summed E-state index contributed by atoms with van der Waals surface area (Å²) >= 11 is 0. The highest BCUT2D eigenvalue weighted by atomic mass is 32.2. The van der Waals surface area contributed by atoms with Gasteiger partial charge in [0.2, 0.25) is 10.0 Å². The highest BCUT2D eigenvalue weighted by Crippen LogP contribution is 2.36. The van der Waals surface area contributed by atoms with Gasteiger partial charge in [0.15, 0.2) is 0 Å². The lowest BCUT2D eigenvalue weighted by molar-refractivity contribution is 0.313. The zero-order valence-electron chi connectivity index (χ0n) is 18.7. The Morgan fingerprint density at radius 2 is 1.80 bits per heavy atom. The minimum atomic E-state index is -3.68. The van der Waals surface area contributed by atoms with Gasteiger partial charge in [-0.3, -0.25) is 4.40 Å². The van der Waals surface area contributed by atoms with E-state index in [9.17, 15) is 12.8 Å². The quantitative estimate of drug-likeness (QED) is 0.393. The Kier molecular flexibility index (Phi) is 5.08. The van der Waals surface area contributed by atoms with Crippen LogP contribution < -0.4 is 5.73 Å². The van der Waals surface area contributed by atoms with Crippen molar-refractivity contribution in [2.75, 3.05) is 18.8 Å². The molecule has 178 valence electrons. The van der Waals surface area contributed by atoms with Gasteiger partial charge >= 0.3 is 0 Å². The number of piperidine rings is 1. The van der Waals surface area contributed by atoms with Crippen LogP contribution in [-0.4, -0.2) is 45.2 Å². The van der Waals surface area contributed by atoms with Gasteiger partial charge in [-0.2, -0.15) is 4.31 Å². The first-order valence-corrected chi connectivity index (χ1v) is 12.8. The summed E-state index contributed by atoms with van der Waals surface area (Å²) in [6, 6.07) is 15.0. The van der Waals surface area contributed by atoms with Gasteiger partial charge < -0.3 is 10.7 Å². The number of anilines is 1. The third-order valence-electron chi connectivity index (χ3n) is 6.67. The normalized spacial score (nSPS) is 15.8. The van der Waals surface area contributed by atoms with Crippen LogP contribution in [-0.2, 0) is 10.0 Å². The highest BCUT2D eigenvalue weighted by Gasteiger charge is 2.32. The average Bonchev–Trinajstić information content (AvgIpc) is 3.47. The van der Waals surface area contributed by atoms with Crippen molar-refractivity contribution in [1.29, 1.82) is 0 Å². The lowest BCUT2D eigenvalue weighted by Gasteiger charge is -2.30. The fourth-order valence-electron chi connectivity index (χ4n) is 4.87. The molecule has 0 aliphatic carbocycles. The highest BCUT2D eigenvalue weighted by molar-refractivity contribution is 7.89. The molecule has 0 amide bonds. The number of nitrogens with zero attached hydrogens (tertiary/aromatic N) is 4. The minimum Gasteiger partial charge on any atom is -0.382 e. The second-order valence-electron chi connectivity index (χ2n) is 8.75. The number of halogens is 1. The number of hydrogen-bond acceptors (Lipinski definition) is 5. The third-order valence-corrected chi connectivity index (χ3v) is 8.58. The summed E-state index contributed by atoms with van der Waals surface area (Å²) in [6.07, 6.45) is 4.71. The number of hydrogen-bond donors (Lipinski definition) is 2. The van der Waals surface area contributed by atoms with E-state index in [2.05, 4.69) is 9.97 Å². The number of nitrogens with one attached hydrogen (secondary N) is 1. The summed E-state index contributed by atoms with van der Waals surface area (Å²) in [7, 11) is -3.68. The van der Waals surface area contributed by atoms with E-state index < -0.39 is 15.8 Å². The molecule has 0 radical (unpaired) electrons. The van der Waals surface area contributed by atoms with Crippen molar-refractivity contribution >= 4 is 32.3 Å². The Bertz CT molecular complexity index is 1620. The molecule has 1 aliphatic rings. The number of sulfonamides is 1. The molecule has 0 unspecified atom stereocenters. The lowest BCUT2D eigenvalue weighted by atomic mass is 9.97. The van der Waals surface area contributed by atoms with Crippen molar-refractivity contribution in [3.63, 3.8) is 0 Å². The molecule has 10 heteroatoms. The number of aromatic amines is 1. The van der Waals surface area contributed by atoms with Gasteiger partial charge in [0.05, 0.1) is 10.6 Å². The molecule has 8 nitrogen and oxygen atoms in total. The van der Waals surface area contributed by atoms with Crippen LogP contribution in [0.25, 0.3) is 27.8 Å². The van der Waals surface area contributed by atoms with Crippen molar-refractivity contribution in [2.24, 2.45) is 0 Å². The number of fused-ring (bicyclic) bond motifs is 2. The van der Waals surface area contributed by atoms with Gasteiger partial charge in [0, 0.05) is 42.3 Å². The van der Waals surface area contributed by atoms with E-state index in [1.807, 2.05) is 40.9 Å². The van der Waals surface area contributed by atoms with Gasteiger partial charge in [-0.05, 0) is 49.2 Å². The molecule has 1 fully saturated rings.